The normalized spacial score (nSPS) is 17.8. The van der Waals surface area contributed by atoms with Gasteiger partial charge in [-0.25, -0.2) is 8.78 Å². The van der Waals surface area contributed by atoms with Crippen LogP contribution >= 0.6 is 0 Å². The summed E-state index contributed by atoms with van der Waals surface area (Å²) in [4.78, 5) is 27.1. The maximum absolute atomic E-state index is 14.0. The Labute approximate surface area is 182 Å². The summed E-state index contributed by atoms with van der Waals surface area (Å²) in [7, 11) is 0. The molecule has 3 aromatic carbocycles. The van der Waals surface area contributed by atoms with Gasteiger partial charge in [0.2, 0.25) is 0 Å². The van der Waals surface area contributed by atoms with Gasteiger partial charge < -0.3 is 10.2 Å². The molecule has 162 valence electrons. The third-order valence-electron chi connectivity index (χ3n) is 5.48. The molecule has 0 saturated carbocycles. The lowest BCUT2D eigenvalue weighted by Crippen LogP contribution is -2.29. The Morgan fingerprint density at radius 2 is 1.59 bits per heavy atom. The van der Waals surface area contributed by atoms with Crippen molar-refractivity contribution in [2.75, 3.05) is 4.90 Å². The van der Waals surface area contributed by atoms with Crippen LogP contribution in [0.1, 0.15) is 28.3 Å². The van der Waals surface area contributed by atoms with Crippen LogP contribution in [0.5, 0.6) is 5.75 Å². The van der Waals surface area contributed by atoms with E-state index in [1.807, 2.05) is 13.0 Å². The fraction of sp³-hybridized carbons (Fsp3) is 0.120. The SMILES string of the molecule is Cc1ccc(C)c(/C(O)=C2\C(=O)C(=O)N(c3ccc(F)c(F)c3)C2c2ccc(O)cc2)c1. The highest BCUT2D eigenvalue weighted by molar-refractivity contribution is 6.51. The van der Waals surface area contributed by atoms with E-state index in [4.69, 9.17) is 0 Å². The maximum Gasteiger partial charge on any atom is 0.300 e. The molecule has 1 aliphatic heterocycles. The third kappa shape index (κ3) is 3.51. The Bertz CT molecular complexity index is 1280. The summed E-state index contributed by atoms with van der Waals surface area (Å²) in [6.45, 7) is 3.59. The molecule has 3 aromatic rings. The summed E-state index contributed by atoms with van der Waals surface area (Å²) in [5.41, 5.74) is 2.10. The van der Waals surface area contributed by atoms with Gasteiger partial charge >= 0.3 is 0 Å². The first kappa shape index (κ1) is 21.2. The number of benzene rings is 3. The number of Topliss-reactive ketones (excluding diaryl/α,β-unsaturated/α-hetero) is 1. The number of anilines is 1. The first-order chi connectivity index (χ1) is 15.2. The number of ketones is 1. The number of halogens is 2. The van der Waals surface area contributed by atoms with Gasteiger partial charge in [-0.15, -0.1) is 0 Å². The van der Waals surface area contributed by atoms with Crippen LogP contribution in [-0.4, -0.2) is 21.9 Å². The molecule has 1 fully saturated rings. The van der Waals surface area contributed by atoms with Crippen molar-refractivity contribution in [1.82, 2.24) is 0 Å². The molecule has 1 aliphatic rings. The van der Waals surface area contributed by atoms with Crippen LogP contribution < -0.4 is 4.90 Å². The number of aromatic hydroxyl groups is 1. The molecule has 1 saturated heterocycles. The average Bonchev–Trinajstić information content (AvgIpc) is 3.02. The zero-order chi connectivity index (χ0) is 23.2. The van der Waals surface area contributed by atoms with Gasteiger partial charge in [-0.3, -0.25) is 14.5 Å². The Morgan fingerprint density at radius 3 is 2.25 bits per heavy atom. The molecule has 0 aliphatic carbocycles. The number of rotatable bonds is 3. The average molecular weight is 435 g/mol. The van der Waals surface area contributed by atoms with E-state index in [2.05, 4.69) is 0 Å². The van der Waals surface area contributed by atoms with Crippen LogP contribution in [-0.2, 0) is 9.59 Å². The largest absolute Gasteiger partial charge is 0.508 e. The van der Waals surface area contributed by atoms with E-state index in [1.54, 1.807) is 19.1 Å². The van der Waals surface area contributed by atoms with Crippen molar-refractivity contribution >= 4 is 23.1 Å². The number of nitrogens with zero attached hydrogens (tertiary/aromatic N) is 1. The third-order valence-corrected chi connectivity index (χ3v) is 5.48. The van der Waals surface area contributed by atoms with Crippen molar-refractivity contribution in [1.29, 1.82) is 0 Å². The van der Waals surface area contributed by atoms with Gasteiger partial charge in [0.15, 0.2) is 11.6 Å². The van der Waals surface area contributed by atoms with Crippen molar-refractivity contribution in [3.05, 3.63) is 100 Å². The summed E-state index contributed by atoms with van der Waals surface area (Å²) >= 11 is 0. The second-order valence-corrected chi connectivity index (χ2v) is 7.68. The van der Waals surface area contributed by atoms with E-state index < -0.39 is 29.4 Å². The fourth-order valence-corrected chi connectivity index (χ4v) is 3.84. The minimum absolute atomic E-state index is 0.0342. The van der Waals surface area contributed by atoms with Crippen molar-refractivity contribution in [3.8, 4) is 5.75 Å². The van der Waals surface area contributed by atoms with Gasteiger partial charge in [-0.2, -0.15) is 0 Å². The van der Waals surface area contributed by atoms with E-state index in [-0.39, 0.29) is 22.8 Å². The monoisotopic (exact) mass is 435 g/mol. The molecule has 0 aromatic heterocycles. The minimum Gasteiger partial charge on any atom is -0.508 e. The highest BCUT2D eigenvalue weighted by Crippen LogP contribution is 2.43. The summed E-state index contributed by atoms with van der Waals surface area (Å²) in [6, 6.07) is 12.8. The molecule has 5 nitrogen and oxygen atoms in total. The molecule has 1 unspecified atom stereocenters. The van der Waals surface area contributed by atoms with E-state index in [1.165, 1.54) is 30.3 Å². The van der Waals surface area contributed by atoms with Gasteiger partial charge in [-0.05, 0) is 55.3 Å². The molecule has 0 radical (unpaired) electrons. The first-order valence-electron chi connectivity index (χ1n) is 9.81. The van der Waals surface area contributed by atoms with Gasteiger partial charge in [0, 0.05) is 17.3 Å². The predicted molar refractivity (Wildman–Crippen MR) is 115 cm³/mol. The van der Waals surface area contributed by atoms with Crippen LogP contribution in [0.25, 0.3) is 5.76 Å². The molecular formula is C25H19F2NO4. The van der Waals surface area contributed by atoms with Gasteiger partial charge in [0.25, 0.3) is 11.7 Å². The van der Waals surface area contributed by atoms with E-state index in [0.717, 1.165) is 22.6 Å². The Kier molecular flexibility index (Phi) is 5.26. The van der Waals surface area contributed by atoms with Crippen LogP contribution in [0, 0.1) is 25.5 Å². The topological polar surface area (TPSA) is 77.8 Å². The molecule has 1 heterocycles. The summed E-state index contributed by atoms with van der Waals surface area (Å²) in [6.07, 6.45) is 0. The zero-order valence-electron chi connectivity index (χ0n) is 17.3. The van der Waals surface area contributed by atoms with Crippen molar-refractivity contribution in [3.63, 3.8) is 0 Å². The Morgan fingerprint density at radius 1 is 0.906 bits per heavy atom. The van der Waals surface area contributed by atoms with Gasteiger partial charge in [0.05, 0.1) is 11.6 Å². The lowest BCUT2D eigenvalue weighted by Gasteiger charge is -2.25. The molecule has 0 bridgehead atoms. The quantitative estimate of drug-likeness (QED) is 0.348. The predicted octanol–water partition coefficient (Wildman–Crippen LogP) is 4.91. The molecule has 32 heavy (non-hydrogen) atoms. The lowest BCUT2D eigenvalue weighted by molar-refractivity contribution is -0.132. The Balaban J connectivity index is 1.99. The number of phenolic OH excluding ortho intramolecular Hbond substituents is 1. The number of amides is 1. The molecule has 1 atom stereocenters. The van der Waals surface area contributed by atoms with E-state index >= 15 is 0 Å². The van der Waals surface area contributed by atoms with Crippen LogP contribution in [0.4, 0.5) is 14.5 Å². The molecule has 4 rings (SSSR count). The molecular weight excluding hydrogens is 416 g/mol. The number of hydrogen-bond donors (Lipinski definition) is 2. The Hall–Kier alpha value is -4.00. The molecule has 1 amide bonds. The zero-order valence-corrected chi connectivity index (χ0v) is 17.3. The smallest absolute Gasteiger partial charge is 0.300 e. The molecule has 2 N–H and O–H groups in total. The highest BCUT2D eigenvalue weighted by Gasteiger charge is 2.47. The summed E-state index contributed by atoms with van der Waals surface area (Å²) in [5.74, 6) is -4.61. The first-order valence-corrected chi connectivity index (χ1v) is 9.81. The summed E-state index contributed by atoms with van der Waals surface area (Å²) < 4.78 is 27.5. The highest BCUT2D eigenvalue weighted by atomic mass is 19.2. The van der Waals surface area contributed by atoms with Gasteiger partial charge in [0.1, 0.15) is 11.5 Å². The number of carbonyl (C=O) groups excluding carboxylic acids is 2. The van der Waals surface area contributed by atoms with Crippen molar-refractivity contribution in [2.45, 2.75) is 19.9 Å². The fourth-order valence-electron chi connectivity index (χ4n) is 3.84. The standard InChI is InChI=1S/C25H19F2NO4/c1-13-3-4-14(2)18(11-13)23(30)21-22(15-5-8-17(29)9-6-15)28(25(32)24(21)31)16-7-10-19(26)20(27)12-16/h3-12,22,29-30H,1-2H3/b23-21+. The van der Waals surface area contributed by atoms with E-state index in [0.29, 0.717) is 16.7 Å². The second kappa shape index (κ2) is 7.92. The lowest BCUT2D eigenvalue weighted by atomic mass is 9.93. The number of hydrogen-bond acceptors (Lipinski definition) is 4. The van der Waals surface area contributed by atoms with Crippen molar-refractivity contribution < 1.29 is 28.6 Å². The molecule has 7 heteroatoms. The summed E-state index contributed by atoms with van der Waals surface area (Å²) in [5, 5.41) is 20.8. The van der Waals surface area contributed by atoms with Crippen LogP contribution in [0.15, 0.2) is 66.2 Å². The number of phenols is 1. The van der Waals surface area contributed by atoms with Crippen LogP contribution in [0.2, 0.25) is 0 Å². The number of aryl methyl sites for hydroxylation is 2. The van der Waals surface area contributed by atoms with Gasteiger partial charge in [-0.1, -0.05) is 29.8 Å². The number of aliphatic hydroxyl groups is 1. The van der Waals surface area contributed by atoms with Crippen LogP contribution in [0.3, 0.4) is 0 Å². The number of aliphatic hydroxyl groups excluding tert-OH is 1. The molecule has 0 spiro atoms. The maximum atomic E-state index is 14.0. The van der Waals surface area contributed by atoms with E-state index in [9.17, 15) is 28.6 Å². The second-order valence-electron chi connectivity index (χ2n) is 7.68. The number of carbonyl (C=O) groups is 2. The minimum atomic E-state index is -1.18. The van der Waals surface area contributed by atoms with Crippen molar-refractivity contribution in [2.24, 2.45) is 0 Å².